The molecule has 1 fully saturated rings. The van der Waals surface area contributed by atoms with Gasteiger partial charge in [-0.3, -0.25) is 19.3 Å². The number of carbonyl (C=O) groups is 2. The third-order valence-corrected chi connectivity index (χ3v) is 8.51. The van der Waals surface area contributed by atoms with Gasteiger partial charge in [0.15, 0.2) is 0 Å². The maximum absolute atomic E-state index is 14.1. The SMILES string of the molecule is COC(=O)CNC(=O)C1(C(F)(F)F)CCN(CC(F)(F)F)CC1.Cc1cccc(Cc2c(C(F)(F)F)c3cc(CN(C)C)ccc3n(C)c2=O)c1. The van der Waals surface area contributed by atoms with Crippen LogP contribution in [0.4, 0.5) is 39.5 Å². The second-order valence-electron chi connectivity index (χ2n) is 12.7. The van der Waals surface area contributed by atoms with E-state index in [9.17, 15) is 53.9 Å². The molecule has 1 aromatic heterocycles. The summed E-state index contributed by atoms with van der Waals surface area (Å²) in [5.74, 6) is -2.35. The maximum Gasteiger partial charge on any atom is 0.417 e. The van der Waals surface area contributed by atoms with Crippen LogP contribution in [0, 0.1) is 12.3 Å². The van der Waals surface area contributed by atoms with E-state index in [0.29, 0.717) is 12.1 Å². The Labute approximate surface area is 288 Å². The van der Waals surface area contributed by atoms with Crippen LogP contribution in [0.2, 0.25) is 0 Å². The topological polar surface area (TPSA) is 83.9 Å². The summed E-state index contributed by atoms with van der Waals surface area (Å²) < 4.78 is 125. The molecule has 0 saturated carbocycles. The lowest BCUT2D eigenvalue weighted by Crippen LogP contribution is -2.57. The van der Waals surface area contributed by atoms with Crippen molar-refractivity contribution in [3.8, 4) is 0 Å². The average molecular weight is 739 g/mol. The van der Waals surface area contributed by atoms with E-state index in [4.69, 9.17) is 0 Å². The van der Waals surface area contributed by atoms with Gasteiger partial charge in [-0.1, -0.05) is 35.9 Å². The lowest BCUT2D eigenvalue weighted by Gasteiger charge is -2.41. The minimum atomic E-state index is -4.93. The number of aryl methyl sites for hydroxylation is 2. The van der Waals surface area contributed by atoms with E-state index in [0.717, 1.165) is 23.1 Å². The number of hydrogen-bond acceptors (Lipinski definition) is 6. The fourth-order valence-electron chi connectivity index (χ4n) is 6.01. The zero-order valence-electron chi connectivity index (χ0n) is 28.6. The summed E-state index contributed by atoms with van der Waals surface area (Å²) >= 11 is 0. The van der Waals surface area contributed by atoms with Crippen molar-refractivity contribution in [3.05, 3.63) is 80.6 Å². The Morgan fingerprint density at radius 1 is 0.941 bits per heavy atom. The van der Waals surface area contributed by atoms with Crippen LogP contribution in [0.15, 0.2) is 47.3 Å². The number of likely N-dealkylation sites (tertiary alicyclic amines) is 1. The first kappa shape index (κ1) is 41.3. The summed E-state index contributed by atoms with van der Waals surface area (Å²) in [4.78, 5) is 38.4. The number of halogens is 9. The van der Waals surface area contributed by atoms with E-state index in [2.05, 4.69) is 4.74 Å². The molecule has 282 valence electrons. The molecule has 2 heterocycles. The summed E-state index contributed by atoms with van der Waals surface area (Å²) in [6.07, 6.45) is -15.7. The molecular formula is C34H39F9N4O4. The van der Waals surface area contributed by atoms with Crippen molar-refractivity contribution < 1.29 is 53.8 Å². The second kappa shape index (κ2) is 16.0. The second-order valence-corrected chi connectivity index (χ2v) is 12.7. The van der Waals surface area contributed by atoms with Crippen LogP contribution < -0.4 is 10.9 Å². The highest BCUT2D eigenvalue weighted by Gasteiger charge is 2.61. The molecule has 0 aliphatic carbocycles. The quantitative estimate of drug-likeness (QED) is 0.226. The Bertz CT molecular complexity index is 1760. The monoisotopic (exact) mass is 738 g/mol. The first-order valence-electron chi connectivity index (χ1n) is 15.6. The summed E-state index contributed by atoms with van der Waals surface area (Å²) in [5, 5.41) is 1.91. The largest absolute Gasteiger partial charge is 0.468 e. The van der Waals surface area contributed by atoms with Crippen molar-refractivity contribution in [2.75, 3.05) is 47.4 Å². The van der Waals surface area contributed by atoms with E-state index in [1.54, 1.807) is 30.3 Å². The Kier molecular flexibility index (Phi) is 13.0. The molecule has 1 N–H and O–H groups in total. The average Bonchev–Trinajstić information content (AvgIpc) is 3.00. The standard InChI is InChI=1S/C22H23F3N2O.C12H16F6N2O3/c1-14-6-5-7-15(10-14)11-18-20(22(23,24)25)17-12-16(13-26(2)3)8-9-19(17)27(4)21(18)28;1-23-8(21)6-19-9(22)10(12(16,17)18)2-4-20(5-3-10)7-11(13,14)15/h5-10,12H,11,13H2,1-4H3;2-7H2,1H3,(H,19,22). The number of piperidine rings is 1. The maximum atomic E-state index is 14.1. The number of hydrogen-bond donors (Lipinski definition) is 1. The molecule has 8 nitrogen and oxygen atoms in total. The van der Waals surface area contributed by atoms with Crippen molar-refractivity contribution in [1.29, 1.82) is 0 Å². The highest BCUT2D eigenvalue weighted by molar-refractivity contribution is 5.87. The molecule has 0 unspecified atom stereocenters. The number of ether oxygens (including phenoxy) is 1. The molecule has 1 aliphatic heterocycles. The fourth-order valence-corrected chi connectivity index (χ4v) is 6.01. The number of rotatable bonds is 8. The van der Waals surface area contributed by atoms with Gasteiger partial charge in [-0.05, 0) is 70.2 Å². The van der Waals surface area contributed by atoms with Crippen LogP contribution in [0.1, 0.15) is 40.7 Å². The van der Waals surface area contributed by atoms with Gasteiger partial charge in [0.25, 0.3) is 5.56 Å². The van der Waals surface area contributed by atoms with Crippen LogP contribution in [0.25, 0.3) is 10.9 Å². The Hall–Kier alpha value is -4.12. The van der Waals surface area contributed by atoms with E-state index in [1.165, 1.54) is 11.6 Å². The first-order valence-corrected chi connectivity index (χ1v) is 15.6. The number of amides is 1. The highest BCUT2D eigenvalue weighted by atomic mass is 19.4. The summed E-state index contributed by atoms with van der Waals surface area (Å²) in [5.41, 5.74) is -1.77. The molecule has 1 saturated heterocycles. The van der Waals surface area contributed by atoms with Gasteiger partial charge in [0.1, 0.15) is 12.0 Å². The molecule has 0 atom stereocenters. The normalized spacial score (nSPS) is 15.4. The molecule has 51 heavy (non-hydrogen) atoms. The van der Waals surface area contributed by atoms with Gasteiger partial charge < -0.3 is 19.5 Å². The fraction of sp³-hybridized carbons (Fsp3) is 0.500. The lowest BCUT2D eigenvalue weighted by atomic mass is 9.76. The summed E-state index contributed by atoms with van der Waals surface area (Å²) in [6, 6.07) is 12.1. The Balaban J connectivity index is 0.000000282. The number of carbonyl (C=O) groups excluding carboxylic acids is 2. The molecule has 1 aliphatic rings. The lowest BCUT2D eigenvalue weighted by molar-refractivity contribution is -0.236. The zero-order valence-corrected chi connectivity index (χ0v) is 28.6. The van der Waals surface area contributed by atoms with Gasteiger partial charge >= 0.3 is 24.5 Å². The summed E-state index contributed by atoms with van der Waals surface area (Å²) in [7, 11) is 6.25. The minimum Gasteiger partial charge on any atom is -0.468 e. The van der Waals surface area contributed by atoms with E-state index in [1.807, 2.05) is 43.4 Å². The molecule has 0 spiro atoms. The summed E-state index contributed by atoms with van der Waals surface area (Å²) in [6.45, 7) is -0.719. The van der Waals surface area contributed by atoms with E-state index in [-0.39, 0.29) is 22.9 Å². The number of fused-ring (bicyclic) bond motifs is 1. The van der Waals surface area contributed by atoms with Crippen molar-refractivity contribution >= 4 is 22.8 Å². The van der Waals surface area contributed by atoms with Gasteiger partial charge in [-0.15, -0.1) is 0 Å². The number of nitrogens with one attached hydrogen (secondary N) is 1. The number of alkyl halides is 9. The Morgan fingerprint density at radius 2 is 1.57 bits per heavy atom. The molecule has 0 bridgehead atoms. The van der Waals surface area contributed by atoms with Crippen LogP contribution in [-0.4, -0.2) is 86.0 Å². The molecule has 1 amide bonds. The molecule has 3 aromatic rings. The zero-order chi connectivity index (χ0) is 38.5. The molecular weight excluding hydrogens is 699 g/mol. The predicted molar refractivity (Wildman–Crippen MR) is 171 cm³/mol. The van der Waals surface area contributed by atoms with Gasteiger partial charge in [-0.2, -0.15) is 39.5 Å². The van der Waals surface area contributed by atoms with Crippen molar-refractivity contribution in [2.24, 2.45) is 12.5 Å². The number of benzene rings is 2. The predicted octanol–water partition coefficient (Wildman–Crippen LogP) is 6.00. The van der Waals surface area contributed by atoms with Crippen LogP contribution in [-0.2, 0) is 40.5 Å². The molecule has 0 radical (unpaired) electrons. The van der Waals surface area contributed by atoms with Gasteiger partial charge in [0, 0.05) is 31.0 Å². The smallest absolute Gasteiger partial charge is 0.417 e. The van der Waals surface area contributed by atoms with Crippen molar-refractivity contribution in [1.82, 2.24) is 19.7 Å². The van der Waals surface area contributed by atoms with Crippen LogP contribution in [0.5, 0.6) is 0 Å². The van der Waals surface area contributed by atoms with Gasteiger partial charge in [-0.25, -0.2) is 0 Å². The van der Waals surface area contributed by atoms with Crippen molar-refractivity contribution in [2.45, 2.75) is 51.3 Å². The molecule has 4 rings (SSSR count). The van der Waals surface area contributed by atoms with Crippen molar-refractivity contribution in [3.63, 3.8) is 0 Å². The molecule has 17 heteroatoms. The van der Waals surface area contributed by atoms with E-state index < -0.39 is 86.0 Å². The van der Waals surface area contributed by atoms with Crippen LogP contribution in [0.3, 0.4) is 0 Å². The first-order chi connectivity index (χ1) is 23.5. The van der Waals surface area contributed by atoms with E-state index >= 15 is 0 Å². The number of pyridine rings is 1. The number of methoxy groups -OCH3 is 1. The van der Waals surface area contributed by atoms with Gasteiger partial charge in [0.2, 0.25) is 5.91 Å². The molecule has 2 aromatic carbocycles. The highest BCUT2D eigenvalue weighted by Crippen LogP contribution is 2.47. The van der Waals surface area contributed by atoms with Crippen LogP contribution >= 0.6 is 0 Å². The van der Waals surface area contributed by atoms with Gasteiger partial charge in [0.05, 0.1) is 24.7 Å². The number of nitrogens with zero attached hydrogens (tertiary/aromatic N) is 3. The minimum absolute atomic E-state index is 0.0585. The third-order valence-electron chi connectivity index (χ3n) is 8.51. The number of aromatic nitrogens is 1. The third kappa shape index (κ3) is 10.5. The Morgan fingerprint density at radius 3 is 2.08 bits per heavy atom. The number of esters is 1.